The molecular weight excluding hydrogens is 410 g/mol. The molecule has 0 spiro atoms. The fourth-order valence-corrected chi connectivity index (χ4v) is 5.00. The first-order valence-electron chi connectivity index (χ1n) is 11.4. The highest BCUT2D eigenvalue weighted by Gasteiger charge is 2.54. The van der Waals surface area contributed by atoms with E-state index in [0.29, 0.717) is 18.8 Å². The summed E-state index contributed by atoms with van der Waals surface area (Å²) < 4.78 is 22.6. The summed E-state index contributed by atoms with van der Waals surface area (Å²) in [5, 5.41) is 0. The Morgan fingerprint density at radius 2 is 1.56 bits per heavy atom. The topological polar surface area (TPSA) is 74.3 Å². The molecule has 32 heavy (non-hydrogen) atoms. The summed E-state index contributed by atoms with van der Waals surface area (Å²) in [6.07, 6.45) is 1.97. The van der Waals surface area contributed by atoms with Crippen molar-refractivity contribution in [1.29, 1.82) is 0 Å². The zero-order valence-electron chi connectivity index (χ0n) is 20.4. The number of ether oxygens (including phenoxy) is 4. The van der Waals surface area contributed by atoms with Gasteiger partial charge in [0.05, 0.1) is 0 Å². The van der Waals surface area contributed by atoms with Gasteiger partial charge in [-0.2, -0.15) is 0 Å². The van der Waals surface area contributed by atoms with Crippen LogP contribution >= 0.6 is 0 Å². The summed E-state index contributed by atoms with van der Waals surface area (Å²) >= 11 is 0. The second kappa shape index (κ2) is 8.93. The smallest absolute Gasteiger partial charge is 0.444 e. The van der Waals surface area contributed by atoms with E-state index in [1.54, 1.807) is 33.9 Å². The number of amides is 1. The molecule has 1 amide bonds. The van der Waals surface area contributed by atoms with Crippen molar-refractivity contribution in [3.63, 3.8) is 0 Å². The molecule has 1 heterocycles. The molecule has 7 heteroatoms. The second-order valence-corrected chi connectivity index (χ2v) is 10.8. The highest BCUT2D eigenvalue weighted by atomic mass is 16.7. The molecule has 0 radical (unpaired) electrons. The maximum Gasteiger partial charge on any atom is 0.514 e. The van der Waals surface area contributed by atoms with Crippen LogP contribution in [0.25, 0.3) is 0 Å². The van der Waals surface area contributed by atoms with E-state index in [2.05, 4.69) is 0 Å². The van der Waals surface area contributed by atoms with Crippen molar-refractivity contribution in [3.05, 3.63) is 29.8 Å². The summed E-state index contributed by atoms with van der Waals surface area (Å²) in [6.45, 7) is 12.2. The number of carbonyl (C=O) groups excluding carboxylic acids is 2. The van der Waals surface area contributed by atoms with E-state index in [9.17, 15) is 9.59 Å². The van der Waals surface area contributed by atoms with E-state index in [1.807, 2.05) is 43.9 Å². The zero-order valence-corrected chi connectivity index (χ0v) is 20.4. The molecule has 2 bridgehead atoms. The molecule has 1 aromatic rings. The van der Waals surface area contributed by atoms with Crippen molar-refractivity contribution in [3.8, 4) is 5.75 Å². The lowest BCUT2D eigenvalue weighted by Gasteiger charge is -2.55. The van der Waals surface area contributed by atoms with E-state index in [-0.39, 0.29) is 17.9 Å². The van der Waals surface area contributed by atoms with Gasteiger partial charge in [0, 0.05) is 32.0 Å². The zero-order chi connectivity index (χ0) is 23.7. The van der Waals surface area contributed by atoms with Gasteiger partial charge in [-0.05, 0) is 72.1 Å². The minimum atomic E-state index is -0.735. The van der Waals surface area contributed by atoms with E-state index in [0.717, 1.165) is 24.8 Å². The van der Waals surface area contributed by atoms with Crippen LogP contribution in [-0.4, -0.2) is 48.5 Å². The molecule has 7 nitrogen and oxygen atoms in total. The Morgan fingerprint density at radius 3 is 2.09 bits per heavy atom. The van der Waals surface area contributed by atoms with Crippen LogP contribution in [0.4, 0.5) is 9.59 Å². The summed E-state index contributed by atoms with van der Waals surface area (Å²) in [4.78, 5) is 26.7. The van der Waals surface area contributed by atoms with Crippen LogP contribution in [0.15, 0.2) is 24.3 Å². The lowest BCUT2D eigenvalue weighted by atomic mass is 9.62. The van der Waals surface area contributed by atoms with Crippen LogP contribution in [0.2, 0.25) is 0 Å². The third-order valence-electron chi connectivity index (χ3n) is 6.07. The fourth-order valence-electron chi connectivity index (χ4n) is 5.00. The lowest BCUT2D eigenvalue weighted by Crippen LogP contribution is -2.60. The number of piperidine rings is 1. The minimum Gasteiger partial charge on any atom is -0.444 e. The van der Waals surface area contributed by atoms with Gasteiger partial charge in [0.2, 0.25) is 0 Å². The van der Waals surface area contributed by atoms with Crippen molar-refractivity contribution in [1.82, 2.24) is 4.90 Å². The third kappa shape index (κ3) is 5.37. The molecule has 1 saturated carbocycles. The van der Waals surface area contributed by atoms with Gasteiger partial charge in [0.15, 0.2) is 0 Å². The Kier molecular flexibility index (Phi) is 6.80. The Balaban J connectivity index is 1.85. The Hall–Kier alpha value is -2.28. The van der Waals surface area contributed by atoms with Crippen LogP contribution in [0.3, 0.4) is 0 Å². The molecule has 2 fully saturated rings. The molecule has 1 aliphatic heterocycles. The second-order valence-electron chi connectivity index (χ2n) is 10.8. The maximum atomic E-state index is 12.8. The van der Waals surface area contributed by atoms with Gasteiger partial charge in [0.1, 0.15) is 22.6 Å². The lowest BCUT2D eigenvalue weighted by molar-refractivity contribution is -0.166. The summed E-state index contributed by atoms with van der Waals surface area (Å²) in [5.74, 6) is 0.648. The maximum absolute atomic E-state index is 12.8. The van der Waals surface area contributed by atoms with Crippen molar-refractivity contribution in [2.45, 2.75) is 77.6 Å². The predicted molar refractivity (Wildman–Crippen MR) is 121 cm³/mol. The number of nitrogens with zero attached hydrogens (tertiary/aromatic N) is 1. The largest absolute Gasteiger partial charge is 0.514 e. The third-order valence-corrected chi connectivity index (χ3v) is 6.07. The van der Waals surface area contributed by atoms with Crippen LogP contribution in [-0.2, 0) is 19.8 Å². The Morgan fingerprint density at radius 1 is 0.969 bits per heavy atom. The van der Waals surface area contributed by atoms with Crippen LogP contribution in [0.1, 0.15) is 66.4 Å². The molecule has 2 aliphatic rings. The molecule has 3 rings (SSSR count). The van der Waals surface area contributed by atoms with Crippen molar-refractivity contribution < 1.29 is 28.5 Å². The molecule has 1 aromatic carbocycles. The first-order chi connectivity index (χ1) is 14.8. The fraction of sp³-hybridized carbons (Fsp3) is 0.680. The minimum absolute atomic E-state index is 0.115. The van der Waals surface area contributed by atoms with Gasteiger partial charge in [-0.15, -0.1) is 0 Å². The average molecular weight is 448 g/mol. The number of hydrogen-bond donors (Lipinski definition) is 0. The van der Waals surface area contributed by atoms with E-state index < -0.39 is 23.0 Å². The molecular formula is C25H37NO6. The molecule has 1 aliphatic carbocycles. The SMILES string of the molecule is COC1(c2cccc(OC(=O)OC(C)(C)C)c2)[C@@H]2CCC[C@H]1CN(C(=O)OC(C)(C)C)C2. The number of hydrogen-bond acceptors (Lipinski definition) is 6. The first-order valence-corrected chi connectivity index (χ1v) is 11.4. The van der Waals surface area contributed by atoms with Gasteiger partial charge >= 0.3 is 12.2 Å². The van der Waals surface area contributed by atoms with Crippen molar-refractivity contribution in [2.24, 2.45) is 11.8 Å². The molecule has 1 unspecified atom stereocenters. The number of likely N-dealkylation sites (tertiary alicyclic amines) is 1. The summed E-state index contributed by atoms with van der Waals surface area (Å²) in [5.41, 5.74) is -0.757. The number of carbonyl (C=O) groups is 2. The number of methoxy groups -OCH3 is 1. The van der Waals surface area contributed by atoms with Crippen LogP contribution < -0.4 is 4.74 Å². The van der Waals surface area contributed by atoms with Gasteiger partial charge in [-0.3, -0.25) is 0 Å². The number of benzene rings is 1. The normalized spacial score (nSPS) is 25.8. The van der Waals surface area contributed by atoms with Gasteiger partial charge < -0.3 is 23.8 Å². The van der Waals surface area contributed by atoms with Gasteiger partial charge in [-0.1, -0.05) is 18.6 Å². The van der Waals surface area contributed by atoms with Gasteiger partial charge in [-0.25, -0.2) is 9.59 Å². The first kappa shape index (κ1) is 24.4. The predicted octanol–water partition coefficient (Wildman–Crippen LogP) is 5.51. The molecule has 1 saturated heterocycles. The molecule has 0 aromatic heterocycles. The van der Waals surface area contributed by atoms with Crippen LogP contribution in [0.5, 0.6) is 5.75 Å². The molecule has 0 N–H and O–H groups in total. The monoisotopic (exact) mass is 447 g/mol. The van der Waals surface area contributed by atoms with E-state index >= 15 is 0 Å². The summed E-state index contributed by atoms with van der Waals surface area (Å²) in [7, 11) is 1.73. The number of rotatable bonds is 3. The van der Waals surface area contributed by atoms with Crippen LogP contribution in [0, 0.1) is 11.8 Å². The van der Waals surface area contributed by atoms with Gasteiger partial charge in [0.25, 0.3) is 0 Å². The molecule has 178 valence electrons. The summed E-state index contributed by atoms with van der Waals surface area (Å²) in [6, 6.07) is 7.48. The standard InChI is InChI=1S/C25H37NO6/c1-23(2,3)31-21(27)26-15-18-11-8-12-19(16-26)25(18,29-7)17-10-9-13-20(14-17)30-22(28)32-24(4,5)6/h9-10,13-14,18-19H,8,11-12,15-16H2,1-7H3/t18-,19+,25?. The van der Waals surface area contributed by atoms with E-state index in [1.165, 1.54) is 0 Å². The average Bonchev–Trinajstić information content (AvgIpc) is 2.64. The van der Waals surface area contributed by atoms with E-state index in [4.69, 9.17) is 18.9 Å². The Labute approximate surface area is 191 Å². The quantitative estimate of drug-likeness (QED) is 0.449. The highest BCUT2D eigenvalue weighted by molar-refractivity contribution is 5.68. The number of fused-ring (bicyclic) bond motifs is 2. The van der Waals surface area contributed by atoms with Crippen molar-refractivity contribution >= 4 is 12.2 Å². The highest BCUT2D eigenvalue weighted by Crippen LogP contribution is 2.52. The molecule has 3 atom stereocenters. The van der Waals surface area contributed by atoms with Crippen molar-refractivity contribution in [2.75, 3.05) is 20.2 Å². The Bertz CT molecular complexity index is 824.